The zero-order chi connectivity index (χ0) is 15.7. The number of nitrogens with zero attached hydrogens (tertiary/aromatic N) is 1. The van der Waals surface area contributed by atoms with Crippen molar-refractivity contribution >= 4 is 35.8 Å². The Morgan fingerprint density at radius 2 is 1.95 bits per heavy atom. The fourth-order valence-electron chi connectivity index (χ4n) is 2.14. The van der Waals surface area contributed by atoms with Gasteiger partial charge in [0.05, 0.1) is 23.0 Å². The highest BCUT2D eigenvalue weighted by Gasteiger charge is 2.30. The molecule has 1 aliphatic heterocycles. The van der Waals surface area contributed by atoms with Gasteiger partial charge in [0, 0.05) is 17.6 Å². The number of aliphatic hydroxyl groups is 1. The molecule has 0 aromatic heterocycles. The summed E-state index contributed by atoms with van der Waals surface area (Å²) >= 11 is 3.20. The third-order valence-corrected chi connectivity index (χ3v) is 7.92. The van der Waals surface area contributed by atoms with E-state index in [4.69, 9.17) is 5.11 Å². The van der Waals surface area contributed by atoms with E-state index in [-0.39, 0.29) is 36.1 Å². The van der Waals surface area contributed by atoms with Gasteiger partial charge in [-0.05, 0) is 40.0 Å². The summed E-state index contributed by atoms with van der Waals surface area (Å²) in [6.07, 6.45) is 0.291. The van der Waals surface area contributed by atoms with Crippen LogP contribution in [-0.4, -0.2) is 50.8 Å². The standard InChI is InChI=1S/C12H16BrNO5S2/c13-11-3-2-10(9-15)8-12(11)21(18,19)14-4-1-6-20(16,17)7-5-14/h2-3,8,15H,1,4-7,9H2. The van der Waals surface area contributed by atoms with Crippen molar-refractivity contribution in [1.29, 1.82) is 0 Å². The van der Waals surface area contributed by atoms with E-state index in [1.54, 1.807) is 12.1 Å². The van der Waals surface area contributed by atoms with Crippen molar-refractivity contribution in [3.05, 3.63) is 28.2 Å². The molecule has 1 heterocycles. The summed E-state index contributed by atoms with van der Waals surface area (Å²) in [6, 6.07) is 4.59. The Labute approximate surface area is 132 Å². The van der Waals surface area contributed by atoms with Crippen molar-refractivity contribution in [2.45, 2.75) is 17.9 Å². The van der Waals surface area contributed by atoms with Gasteiger partial charge in [0.15, 0.2) is 9.84 Å². The number of sulfone groups is 1. The summed E-state index contributed by atoms with van der Waals surface area (Å²) in [5.74, 6) is -0.152. The van der Waals surface area contributed by atoms with Crippen molar-refractivity contribution in [1.82, 2.24) is 4.31 Å². The smallest absolute Gasteiger partial charge is 0.244 e. The van der Waals surface area contributed by atoms with Gasteiger partial charge in [0.1, 0.15) is 0 Å². The minimum absolute atomic E-state index is 0.0108. The van der Waals surface area contributed by atoms with Crippen LogP contribution in [0, 0.1) is 0 Å². The summed E-state index contributed by atoms with van der Waals surface area (Å²) < 4.78 is 50.1. The van der Waals surface area contributed by atoms with Gasteiger partial charge in [-0.2, -0.15) is 4.31 Å². The summed E-state index contributed by atoms with van der Waals surface area (Å²) in [6.45, 7) is -0.123. The molecule has 6 nitrogen and oxygen atoms in total. The first-order chi connectivity index (χ1) is 9.76. The first-order valence-corrected chi connectivity index (χ1v) is 10.4. The zero-order valence-electron chi connectivity index (χ0n) is 11.2. The second kappa shape index (κ2) is 6.33. The SMILES string of the molecule is O=S1(=O)CCCN(S(=O)(=O)c2cc(CO)ccc2Br)CC1. The van der Waals surface area contributed by atoms with Gasteiger partial charge in [0.2, 0.25) is 10.0 Å². The number of benzene rings is 1. The second-order valence-corrected chi connectivity index (χ2v) is 9.90. The third-order valence-electron chi connectivity index (χ3n) is 3.31. The zero-order valence-corrected chi connectivity index (χ0v) is 14.4. The number of hydrogen-bond acceptors (Lipinski definition) is 5. The fourth-order valence-corrected chi connectivity index (χ4v) is 5.98. The van der Waals surface area contributed by atoms with E-state index >= 15 is 0 Å². The number of halogens is 1. The van der Waals surface area contributed by atoms with Crippen molar-refractivity contribution < 1.29 is 21.9 Å². The molecule has 0 spiro atoms. The number of sulfonamides is 1. The molecule has 1 fully saturated rings. The van der Waals surface area contributed by atoms with E-state index in [0.29, 0.717) is 16.5 Å². The molecule has 9 heteroatoms. The van der Waals surface area contributed by atoms with E-state index in [1.807, 2.05) is 0 Å². The Morgan fingerprint density at radius 3 is 2.62 bits per heavy atom. The molecule has 2 rings (SSSR count). The second-order valence-electron chi connectivity index (χ2n) is 4.83. The van der Waals surface area contributed by atoms with E-state index in [0.717, 1.165) is 0 Å². The quantitative estimate of drug-likeness (QED) is 0.812. The number of hydrogen-bond donors (Lipinski definition) is 1. The monoisotopic (exact) mass is 397 g/mol. The maximum atomic E-state index is 12.7. The topological polar surface area (TPSA) is 91.8 Å². The third kappa shape index (κ3) is 3.84. The maximum Gasteiger partial charge on any atom is 0.244 e. The Bertz CT molecular complexity index is 730. The van der Waals surface area contributed by atoms with Gasteiger partial charge < -0.3 is 5.11 Å². The molecule has 118 valence electrons. The lowest BCUT2D eigenvalue weighted by Crippen LogP contribution is -2.34. The average Bonchev–Trinajstić information content (AvgIpc) is 2.60. The van der Waals surface area contributed by atoms with Crippen LogP contribution in [0.15, 0.2) is 27.6 Å². The van der Waals surface area contributed by atoms with Gasteiger partial charge >= 0.3 is 0 Å². The molecule has 0 bridgehead atoms. The predicted molar refractivity (Wildman–Crippen MR) is 82.1 cm³/mol. The lowest BCUT2D eigenvalue weighted by atomic mass is 10.2. The molecular formula is C12H16BrNO5S2. The summed E-state index contributed by atoms with van der Waals surface area (Å²) in [4.78, 5) is 0.0494. The number of aliphatic hydroxyl groups excluding tert-OH is 1. The fraction of sp³-hybridized carbons (Fsp3) is 0.500. The first kappa shape index (κ1) is 16.9. The Balaban J connectivity index is 2.38. The van der Waals surface area contributed by atoms with Gasteiger partial charge in [-0.25, -0.2) is 16.8 Å². The van der Waals surface area contributed by atoms with Crippen LogP contribution in [0.25, 0.3) is 0 Å². The molecule has 0 saturated carbocycles. The minimum atomic E-state index is -3.79. The number of rotatable bonds is 3. The summed E-state index contributed by atoms with van der Waals surface area (Å²) in [5.41, 5.74) is 0.485. The molecule has 0 atom stereocenters. The molecule has 0 unspecified atom stereocenters. The van der Waals surface area contributed by atoms with Gasteiger partial charge in [-0.15, -0.1) is 0 Å². The molecule has 0 aliphatic carbocycles. The van der Waals surface area contributed by atoms with Crippen LogP contribution in [0.4, 0.5) is 0 Å². The largest absolute Gasteiger partial charge is 0.392 e. The molecule has 1 saturated heterocycles. The van der Waals surface area contributed by atoms with E-state index in [9.17, 15) is 16.8 Å². The lowest BCUT2D eigenvalue weighted by Gasteiger charge is -2.20. The molecule has 0 radical (unpaired) electrons. The van der Waals surface area contributed by atoms with E-state index in [1.165, 1.54) is 10.4 Å². The van der Waals surface area contributed by atoms with Gasteiger partial charge in [0.25, 0.3) is 0 Å². The summed E-state index contributed by atoms with van der Waals surface area (Å²) in [5, 5.41) is 9.14. The van der Waals surface area contributed by atoms with E-state index in [2.05, 4.69) is 15.9 Å². The molecule has 1 aliphatic rings. The van der Waals surface area contributed by atoms with Crippen molar-refractivity contribution in [3.8, 4) is 0 Å². The predicted octanol–water partition coefficient (Wildman–Crippen LogP) is 0.751. The highest BCUT2D eigenvalue weighted by Crippen LogP contribution is 2.27. The first-order valence-electron chi connectivity index (χ1n) is 6.36. The van der Waals surface area contributed by atoms with Gasteiger partial charge in [-0.3, -0.25) is 0 Å². The molecule has 1 aromatic rings. The van der Waals surface area contributed by atoms with Crippen LogP contribution in [-0.2, 0) is 26.5 Å². The van der Waals surface area contributed by atoms with Crippen LogP contribution in [0.3, 0.4) is 0 Å². The van der Waals surface area contributed by atoms with Gasteiger partial charge in [-0.1, -0.05) is 6.07 Å². The lowest BCUT2D eigenvalue weighted by molar-refractivity contribution is 0.281. The molecule has 1 N–H and O–H groups in total. The minimum Gasteiger partial charge on any atom is -0.392 e. The highest BCUT2D eigenvalue weighted by molar-refractivity contribution is 9.10. The molecule has 0 amide bonds. The van der Waals surface area contributed by atoms with Crippen LogP contribution >= 0.6 is 15.9 Å². The maximum absolute atomic E-state index is 12.7. The van der Waals surface area contributed by atoms with Crippen molar-refractivity contribution in [2.75, 3.05) is 24.6 Å². The molecule has 21 heavy (non-hydrogen) atoms. The molecule has 1 aromatic carbocycles. The van der Waals surface area contributed by atoms with Crippen LogP contribution in [0.5, 0.6) is 0 Å². The van der Waals surface area contributed by atoms with Crippen LogP contribution in [0.1, 0.15) is 12.0 Å². The van der Waals surface area contributed by atoms with Crippen LogP contribution < -0.4 is 0 Å². The molecular weight excluding hydrogens is 382 g/mol. The van der Waals surface area contributed by atoms with Crippen molar-refractivity contribution in [2.24, 2.45) is 0 Å². The Morgan fingerprint density at radius 1 is 1.24 bits per heavy atom. The van der Waals surface area contributed by atoms with E-state index < -0.39 is 19.9 Å². The van der Waals surface area contributed by atoms with Crippen molar-refractivity contribution in [3.63, 3.8) is 0 Å². The Kier molecular flexibility index (Phi) is 5.09. The van der Waals surface area contributed by atoms with Crippen LogP contribution in [0.2, 0.25) is 0 Å². The average molecular weight is 398 g/mol. The summed E-state index contributed by atoms with van der Waals surface area (Å²) in [7, 11) is -6.96. The Hall–Kier alpha value is -0.480. The highest BCUT2D eigenvalue weighted by atomic mass is 79.9. The normalized spacial score (nSPS) is 20.1.